The largest absolute Gasteiger partial charge is 0.497 e. The van der Waals surface area contributed by atoms with E-state index < -0.39 is 0 Å². The van der Waals surface area contributed by atoms with Crippen LogP contribution in [0.25, 0.3) is 10.9 Å². The molecule has 1 unspecified atom stereocenters. The maximum atomic E-state index is 5.49. The number of fused-ring (bicyclic) bond motifs is 1. The predicted octanol–water partition coefficient (Wildman–Crippen LogP) is 11.9. The Morgan fingerprint density at radius 1 is 0.519 bits per heavy atom. The van der Waals surface area contributed by atoms with Crippen molar-refractivity contribution in [3.8, 4) is 17.2 Å². The second kappa shape index (κ2) is 23.3. The summed E-state index contributed by atoms with van der Waals surface area (Å²) in [5.41, 5.74) is 5.45. The van der Waals surface area contributed by atoms with Crippen molar-refractivity contribution in [3.63, 3.8) is 0 Å². The average Bonchev–Trinajstić information content (AvgIpc) is 3.20. The van der Waals surface area contributed by atoms with Crippen LogP contribution >= 0.6 is 0 Å². The molecule has 4 nitrogen and oxygen atoms in total. The number of rotatable bonds is 21. The van der Waals surface area contributed by atoms with Gasteiger partial charge in [-0.1, -0.05) is 143 Å². The number of benzene rings is 4. The lowest BCUT2D eigenvalue weighted by Crippen LogP contribution is -2.32. The number of pyridine rings is 1. The Morgan fingerprint density at radius 2 is 0.981 bits per heavy atom. The maximum Gasteiger partial charge on any atom is 0.212 e. The highest BCUT2D eigenvalue weighted by Gasteiger charge is 2.27. The molecule has 0 radical (unpaired) electrons. The number of methoxy groups -OCH3 is 3. The zero-order valence-corrected chi connectivity index (χ0v) is 32.7. The molecule has 0 saturated heterocycles. The Balaban J connectivity index is 0.000000421. The monoisotopic (exact) mass is 700 g/mol. The molecule has 0 aliphatic rings. The topological polar surface area (TPSA) is 31.6 Å². The number of aromatic nitrogens is 1. The molecule has 0 aliphatic carbocycles. The summed E-state index contributed by atoms with van der Waals surface area (Å²) in [6.45, 7) is 5.96. The molecular formula is C47H63BNO3+. The van der Waals surface area contributed by atoms with Crippen molar-refractivity contribution in [2.45, 2.75) is 109 Å². The van der Waals surface area contributed by atoms with E-state index in [1.807, 2.05) is 0 Å². The van der Waals surface area contributed by atoms with E-state index in [9.17, 15) is 0 Å². The zero-order valence-electron chi connectivity index (χ0n) is 32.7. The molecule has 0 amide bonds. The Bertz CT molecular complexity index is 1620. The summed E-state index contributed by atoms with van der Waals surface area (Å²) in [5.74, 6) is 3.22. The number of hydrogen-bond donors (Lipinski definition) is 0. The van der Waals surface area contributed by atoms with Gasteiger partial charge in [0.15, 0.2) is 12.9 Å². The quantitative estimate of drug-likeness (QED) is 0.0434. The maximum absolute atomic E-state index is 5.49. The van der Waals surface area contributed by atoms with Gasteiger partial charge in [0.2, 0.25) is 5.52 Å². The van der Waals surface area contributed by atoms with Crippen molar-refractivity contribution in [1.29, 1.82) is 0 Å². The smallest absolute Gasteiger partial charge is 0.212 e. The summed E-state index contributed by atoms with van der Waals surface area (Å²) < 4.78 is 18.6. The van der Waals surface area contributed by atoms with E-state index in [0.29, 0.717) is 12.5 Å². The fraction of sp³-hybridized carbons (Fsp3) is 0.426. The summed E-state index contributed by atoms with van der Waals surface area (Å²) in [6, 6.07) is 38.8. The van der Waals surface area contributed by atoms with Crippen LogP contribution < -0.4 is 18.8 Å². The average molecular weight is 701 g/mol. The summed E-state index contributed by atoms with van der Waals surface area (Å²) in [7, 11) is 5.20. The molecule has 4 aromatic carbocycles. The second-order valence-electron chi connectivity index (χ2n) is 14.1. The van der Waals surface area contributed by atoms with Gasteiger partial charge in [0.1, 0.15) is 23.8 Å². The van der Waals surface area contributed by atoms with Crippen molar-refractivity contribution in [1.82, 2.24) is 0 Å². The molecule has 1 heterocycles. The summed E-state index contributed by atoms with van der Waals surface area (Å²) in [4.78, 5) is 0. The number of ether oxygens (including phenoxy) is 3. The fourth-order valence-electron chi connectivity index (χ4n) is 7.36. The Kier molecular flexibility index (Phi) is 18.2. The first-order chi connectivity index (χ1) is 25.6. The normalized spacial score (nSPS) is 11.4. The molecule has 52 heavy (non-hydrogen) atoms. The van der Waals surface area contributed by atoms with Crippen LogP contribution in [0.1, 0.15) is 107 Å². The van der Waals surface area contributed by atoms with Crippen molar-refractivity contribution in [2.75, 3.05) is 21.3 Å². The van der Waals surface area contributed by atoms with Gasteiger partial charge in [0.25, 0.3) is 0 Å². The highest BCUT2D eigenvalue weighted by atomic mass is 16.5. The van der Waals surface area contributed by atoms with Crippen molar-refractivity contribution < 1.29 is 18.8 Å². The molecule has 0 aliphatic heterocycles. The lowest BCUT2D eigenvalue weighted by atomic mass is 9.34. The van der Waals surface area contributed by atoms with Crippen LogP contribution in [0.2, 0.25) is 0 Å². The molecule has 276 valence electrons. The number of unbranched alkanes of at least 4 members (excludes halogenated alkanes) is 9. The molecule has 0 spiro atoms. The van der Waals surface area contributed by atoms with Crippen LogP contribution in [0.5, 0.6) is 17.2 Å². The molecular weight excluding hydrogens is 637 g/mol. The van der Waals surface area contributed by atoms with E-state index >= 15 is 0 Å². The summed E-state index contributed by atoms with van der Waals surface area (Å²) in [6.07, 6.45) is 19.0. The minimum atomic E-state index is 0.476. The van der Waals surface area contributed by atoms with Crippen LogP contribution in [0, 0.1) is 0 Å². The number of nitrogens with zero attached hydrogens (tertiary/aromatic N) is 1. The molecule has 0 saturated carbocycles. The van der Waals surface area contributed by atoms with Crippen LogP contribution in [-0.2, 0) is 19.2 Å². The van der Waals surface area contributed by atoms with Gasteiger partial charge in [0, 0.05) is 17.5 Å². The third-order valence-electron chi connectivity index (χ3n) is 10.4. The van der Waals surface area contributed by atoms with Crippen LogP contribution in [-0.4, -0.2) is 28.0 Å². The molecule has 0 N–H and O–H groups in total. The third-order valence-corrected chi connectivity index (χ3v) is 10.4. The number of hydrogen-bond acceptors (Lipinski definition) is 3. The molecule has 5 heteroatoms. The van der Waals surface area contributed by atoms with Gasteiger partial charge < -0.3 is 14.2 Å². The van der Waals surface area contributed by atoms with E-state index in [1.54, 1.807) is 21.3 Å². The van der Waals surface area contributed by atoms with Gasteiger partial charge in [0.05, 0.1) is 21.3 Å². The van der Waals surface area contributed by atoms with E-state index in [4.69, 9.17) is 14.2 Å². The van der Waals surface area contributed by atoms with Crippen LogP contribution in [0.3, 0.4) is 0 Å². The predicted molar refractivity (Wildman–Crippen MR) is 221 cm³/mol. The highest BCUT2D eigenvalue weighted by Crippen LogP contribution is 2.31. The minimum Gasteiger partial charge on any atom is -0.497 e. The van der Waals surface area contributed by atoms with Crippen molar-refractivity contribution in [3.05, 3.63) is 132 Å². The fourth-order valence-corrected chi connectivity index (χ4v) is 7.36. The van der Waals surface area contributed by atoms with Crippen molar-refractivity contribution in [2.24, 2.45) is 0 Å². The highest BCUT2D eigenvalue weighted by molar-refractivity contribution is 6.59. The van der Waals surface area contributed by atoms with Gasteiger partial charge in [-0.3, -0.25) is 0 Å². The summed E-state index contributed by atoms with van der Waals surface area (Å²) >= 11 is 0. The molecule has 0 bridgehead atoms. The molecule has 5 aromatic rings. The van der Waals surface area contributed by atoms with Gasteiger partial charge in [-0.25, -0.2) is 0 Å². The van der Waals surface area contributed by atoms with Gasteiger partial charge in [-0.2, -0.15) is 4.57 Å². The SMILES string of the molecule is CCCCCCCCCCCCC(B(Cc1ccc(OC)cc1)Cc1ccc(OC)cc1)c1ccc(OC)cc1.CC[n+]1cccc2ccccc21. The van der Waals surface area contributed by atoms with Crippen molar-refractivity contribution >= 4 is 17.6 Å². The first-order valence-electron chi connectivity index (χ1n) is 19.9. The van der Waals surface area contributed by atoms with Gasteiger partial charge in [-0.05, 0) is 73.9 Å². The van der Waals surface area contributed by atoms with Gasteiger partial charge >= 0.3 is 0 Å². The standard InChI is InChI=1S/C36H51BO3.C11H12N/c1-5-6-7-8-9-10-11-12-13-14-15-36(32-20-26-35(40-4)27-21-32)37(28-30-16-22-33(38-2)23-17-30)29-31-18-24-34(39-3)25-19-31;1-2-12-9-5-7-10-6-3-4-8-11(10)12/h16-27,36H,5-15,28-29H2,1-4H3;3-9H,2H2,1H3/q;+1. The van der Waals surface area contributed by atoms with Crippen LogP contribution in [0.15, 0.2) is 115 Å². The van der Waals surface area contributed by atoms with E-state index in [0.717, 1.165) is 36.4 Å². The molecule has 1 atom stereocenters. The lowest BCUT2D eigenvalue weighted by Gasteiger charge is -2.26. The van der Waals surface area contributed by atoms with Crippen LogP contribution in [0.4, 0.5) is 0 Å². The summed E-state index contributed by atoms with van der Waals surface area (Å²) in [5, 5.41) is 1.31. The Hall–Kier alpha value is -4.25. The molecule has 1 aromatic heterocycles. The van der Waals surface area contributed by atoms with E-state index in [-0.39, 0.29) is 0 Å². The molecule has 0 fully saturated rings. The first kappa shape index (κ1) is 40.5. The molecule has 5 rings (SSSR count). The Labute approximate surface area is 315 Å². The van der Waals surface area contributed by atoms with E-state index in [2.05, 4.69) is 134 Å². The zero-order chi connectivity index (χ0) is 36.8. The lowest BCUT2D eigenvalue weighted by molar-refractivity contribution is -0.667. The first-order valence-corrected chi connectivity index (χ1v) is 19.9. The number of aryl methyl sites for hydroxylation is 1. The Morgan fingerprint density at radius 3 is 1.48 bits per heavy atom. The second-order valence-corrected chi connectivity index (χ2v) is 14.1. The number of para-hydroxylation sites is 1. The van der Waals surface area contributed by atoms with E-state index in [1.165, 1.54) is 98.2 Å². The van der Waals surface area contributed by atoms with Gasteiger partial charge in [-0.15, -0.1) is 0 Å². The third kappa shape index (κ3) is 13.4. The minimum absolute atomic E-state index is 0.476.